The molecule has 1 saturated heterocycles. The fourth-order valence-electron chi connectivity index (χ4n) is 4.42. The highest BCUT2D eigenvalue weighted by Gasteiger charge is 2.29. The SMILES string of the molecule is COCCN1CCN(c2ncccc2C2Nc3ccccc3-n3cccc32)CC1. The number of pyridine rings is 1. The lowest BCUT2D eigenvalue weighted by molar-refractivity contribution is 0.144. The highest BCUT2D eigenvalue weighted by Crippen LogP contribution is 2.39. The molecule has 2 aliphatic rings. The van der Waals surface area contributed by atoms with Crippen LogP contribution in [-0.2, 0) is 4.74 Å². The van der Waals surface area contributed by atoms with Crippen molar-refractivity contribution in [3.05, 3.63) is 72.2 Å². The summed E-state index contributed by atoms with van der Waals surface area (Å²) in [6, 6.07) is 17.1. The Balaban J connectivity index is 1.44. The quantitative estimate of drug-likeness (QED) is 0.726. The van der Waals surface area contributed by atoms with E-state index >= 15 is 0 Å². The molecule has 5 rings (SSSR count). The lowest BCUT2D eigenvalue weighted by atomic mass is 10.0. The standard InChI is InChI=1S/C23H27N5O/c1-29-17-16-26-12-14-27(15-13-26)23-18(6-4-10-24-23)22-21-9-5-11-28(21)20-8-3-2-7-19(20)25-22/h2-11,22,25H,12-17H2,1H3. The van der Waals surface area contributed by atoms with Crippen LogP contribution in [-0.4, -0.2) is 60.9 Å². The molecule has 0 amide bonds. The minimum absolute atomic E-state index is 0.0788. The lowest BCUT2D eigenvalue weighted by Gasteiger charge is -2.37. The van der Waals surface area contributed by atoms with Crippen LogP contribution in [0.15, 0.2) is 60.9 Å². The molecule has 6 nitrogen and oxygen atoms in total. The van der Waals surface area contributed by atoms with Gasteiger partial charge in [-0.05, 0) is 30.3 Å². The Morgan fingerprint density at radius 2 is 1.90 bits per heavy atom. The minimum atomic E-state index is 0.0788. The van der Waals surface area contributed by atoms with Crippen LogP contribution in [0.2, 0.25) is 0 Å². The number of hydrogen-bond donors (Lipinski definition) is 1. The maximum Gasteiger partial charge on any atom is 0.134 e. The van der Waals surface area contributed by atoms with Gasteiger partial charge in [0, 0.05) is 63.5 Å². The number of aromatic nitrogens is 2. The average molecular weight is 390 g/mol. The van der Waals surface area contributed by atoms with Gasteiger partial charge in [0.25, 0.3) is 0 Å². The number of ether oxygens (including phenoxy) is 1. The third-order valence-corrected chi connectivity index (χ3v) is 5.95. The highest BCUT2D eigenvalue weighted by atomic mass is 16.5. The van der Waals surface area contributed by atoms with Crippen LogP contribution in [0.5, 0.6) is 0 Å². The second kappa shape index (κ2) is 7.89. The van der Waals surface area contributed by atoms with E-state index in [9.17, 15) is 0 Å². The van der Waals surface area contributed by atoms with Crippen molar-refractivity contribution >= 4 is 11.5 Å². The molecule has 1 atom stereocenters. The first-order valence-electron chi connectivity index (χ1n) is 10.3. The Morgan fingerprint density at radius 3 is 2.76 bits per heavy atom. The number of fused-ring (bicyclic) bond motifs is 3. The van der Waals surface area contributed by atoms with E-state index in [1.54, 1.807) is 7.11 Å². The van der Waals surface area contributed by atoms with Crippen LogP contribution < -0.4 is 10.2 Å². The summed E-state index contributed by atoms with van der Waals surface area (Å²) in [5.74, 6) is 1.09. The van der Waals surface area contributed by atoms with Crippen molar-refractivity contribution in [3.63, 3.8) is 0 Å². The topological polar surface area (TPSA) is 45.6 Å². The molecule has 2 aliphatic heterocycles. The zero-order valence-electron chi connectivity index (χ0n) is 16.8. The summed E-state index contributed by atoms with van der Waals surface area (Å²) >= 11 is 0. The number of para-hydroxylation sites is 2. The number of rotatable bonds is 5. The maximum absolute atomic E-state index is 5.23. The van der Waals surface area contributed by atoms with Crippen molar-refractivity contribution in [1.82, 2.24) is 14.5 Å². The molecule has 0 radical (unpaired) electrons. The zero-order chi connectivity index (χ0) is 19.6. The molecule has 4 heterocycles. The zero-order valence-corrected chi connectivity index (χ0v) is 16.8. The van der Waals surface area contributed by atoms with Gasteiger partial charge < -0.3 is 19.5 Å². The molecule has 1 aromatic carbocycles. The Bertz CT molecular complexity index is 977. The molecular formula is C23H27N5O. The number of hydrogen-bond acceptors (Lipinski definition) is 5. The van der Waals surface area contributed by atoms with Crippen molar-refractivity contribution in [2.45, 2.75) is 6.04 Å². The predicted molar refractivity (Wildman–Crippen MR) is 116 cm³/mol. The van der Waals surface area contributed by atoms with Crippen LogP contribution in [0.3, 0.4) is 0 Å². The van der Waals surface area contributed by atoms with Gasteiger partial charge in [-0.2, -0.15) is 0 Å². The molecule has 1 unspecified atom stereocenters. The van der Waals surface area contributed by atoms with Crippen molar-refractivity contribution in [3.8, 4) is 5.69 Å². The van der Waals surface area contributed by atoms with Gasteiger partial charge in [0.1, 0.15) is 5.82 Å². The molecule has 2 aromatic heterocycles. The maximum atomic E-state index is 5.23. The first kappa shape index (κ1) is 18.2. The molecule has 0 spiro atoms. The van der Waals surface area contributed by atoms with Gasteiger partial charge in [-0.15, -0.1) is 0 Å². The molecule has 150 valence electrons. The van der Waals surface area contributed by atoms with Crippen molar-refractivity contribution in [2.75, 3.05) is 56.7 Å². The number of nitrogens with one attached hydrogen (secondary N) is 1. The fraction of sp³-hybridized carbons (Fsp3) is 0.348. The number of benzene rings is 1. The summed E-state index contributed by atoms with van der Waals surface area (Å²) in [7, 11) is 1.77. The molecule has 1 N–H and O–H groups in total. The lowest BCUT2D eigenvalue weighted by Crippen LogP contribution is -2.48. The molecule has 0 bridgehead atoms. The van der Waals surface area contributed by atoms with E-state index in [0.29, 0.717) is 0 Å². The summed E-state index contributed by atoms with van der Waals surface area (Å²) in [6.07, 6.45) is 4.05. The predicted octanol–water partition coefficient (Wildman–Crippen LogP) is 3.16. The molecular weight excluding hydrogens is 362 g/mol. The molecule has 29 heavy (non-hydrogen) atoms. The molecule has 0 saturated carbocycles. The van der Waals surface area contributed by atoms with Gasteiger partial charge in [0.15, 0.2) is 0 Å². The second-order valence-corrected chi connectivity index (χ2v) is 7.64. The van der Waals surface area contributed by atoms with Gasteiger partial charge >= 0.3 is 0 Å². The van der Waals surface area contributed by atoms with E-state index in [-0.39, 0.29) is 6.04 Å². The Labute approximate surface area is 171 Å². The number of nitrogens with zero attached hydrogens (tertiary/aromatic N) is 4. The largest absolute Gasteiger partial charge is 0.383 e. The minimum Gasteiger partial charge on any atom is -0.383 e. The Kier molecular flexibility index (Phi) is 4.96. The van der Waals surface area contributed by atoms with E-state index in [1.807, 2.05) is 12.3 Å². The van der Waals surface area contributed by atoms with Gasteiger partial charge in [0.05, 0.1) is 24.0 Å². The van der Waals surface area contributed by atoms with Crippen LogP contribution >= 0.6 is 0 Å². The first-order chi connectivity index (χ1) is 14.3. The summed E-state index contributed by atoms with van der Waals surface area (Å²) in [5, 5.41) is 3.76. The van der Waals surface area contributed by atoms with Crippen LogP contribution in [0, 0.1) is 0 Å². The van der Waals surface area contributed by atoms with E-state index in [2.05, 4.69) is 68.3 Å². The first-order valence-corrected chi connectivity index (χ1v) is 10.3. The second-order valence-electron chi connectivity index (χ2n) is 7.64. The molecule has 1 fully saturated rings. The van der Waals surface area contributed by atoms with E-state index < -0.39 is 0 Å². The van der Waals surface area contributed by atoms with Gasteiger partial charge in [-0.1, -0.05) is 18.2 Å². The van der Waals surface area contributed by atoms with E-state index in [4.69, 9.17) is 9.72 Å². The Morgan fingerprint density at radius 1 is 1.03 bits per heavy atom. The van der Waals surface area contributed by atoms with E-state index in [1.165, 1.54) is 16.9 Å². The summed E-state index contributed by atoms with van der Waals surface area (Å²) in [4.78, 5) is 9.70. The fourth-order valence-corrected chi connectivity index (χ4v) is 4.42. The average Bonchev–Trinajstić information content (AvgIpc) is 3.28. The normalized spacial score (nSPS) is 18.8. The highest BCUT2D eigenvalue weighted by molar-refractivity contribution is 5.68. The smallest absolute Gasteiger partial charge is 0.134 e. The summed E-state index contributed by atoms with van der Waals surface area (Å²) in [5.41, 5.74) is 4.82. The molecule has 3 aromatic rings. The third-order valence-electron chi connectivity index (χ3n) is 5.95. The summed E-state index contributed by atoms with van der Waals surface area (Å²) in [6.45, 7) is 5.83. The van der Waals surface area contributed by atoms with Crippen LogP contribution in [0.1, 0.15) is 17.3 Å². The van der Waals surface area contributed by atoms with Crippen LogP contribution in [0.25, 0.3) is 5.69 Å². The van der Waals surface area contributed by atoms with Crippen molar-refractivity contribution in [1.29, 1.82) is 0 Å². The van der Waals surface area contributed by atoms with Crippen molar-refractivity contribution in [2.24, 2.45) is 0 Å². The molecule has 6 heteroatoms. The van der Waals surface area contributed by atoms with Gasteiger partial charge in [-0.3, -0.25) is 4.90 Å². The van der Waals surface area contributed by atoms with Gasteiger partial charge in [0.2, 0.25) is 0 Å². The molecule has 0 aliphatic carbocycles. The number of methoxy groups -OCH3 is 1. The number of piperazine rings is 1. The van der Waals surface area contributed by atoms with Crippen LogP contribution in [0.4, 0.5) is 11.5 Å². The number of anilines is 2. The van der Waals surface area contributed by atoms with E-state index in [0.717, 1.165) is 50.8 Å². The monoisotopic (exact) mass is 389 g/mol. The Hall–Kier alpha value is -2.83. The summed E-state index contributed by atoms with van der Waals surface area (Å²) < 4.78 is 7.52. The third kappa shape index (κ3) is 3.39. The van der Waals surface area contributed by atoms with Gasteiger partial charge in [-0.25, -0.2) is 4.98 Å². The van der Waals surface area contributed by atoms with Crippen molar-refractivity contribution < 1.29 is 4.74 Å².